The molecular weight excluding hydrogens is 422 g/mol. The third-order valence-corrected chi connectivity index (χ3v) is 6.76. The topological polar surface area (TPSA) is 122 Å². The van der Waals surface area contributed by atoms with Crippen molar-refractivity contribution in [2.24, 2.45) is 0 Å². The lowest BCUT2D eigenvalue weighted by molar-refractivity contribution is -0.127. The smallest absolute Gasteiger partial charge is 0.338 e. The predicted octanol–water partition coefficient (Wildman–Crippen LogP) is 1.43. The van der Waals surface area contributed by atoms with Crippen LogP contribution in [0.5, 0.6) is 0 Å². The summed E-state index contributed by atoms with van der Waals surface area (Å²) in [4.78, 5) is 35.5. The normalized spacial score (nSPS) is 14.8. The molecule has 0 saturated carbocycles. The largest absolute Gasteiger partial charge is 0.449 e. The molecule has 0 aromatic heterocycles. The van der Waals surface area contributed by atoms with E-state index in [1.807, 2.05) is 29.6 Å². The number of rotatable bonds is 5. The summed E-state index contributed by atoms with van der Waals surface area (Å²) < 4.78 is 32.7. The Kier molecular flexibility index (Phi) is 6.71. The number of nitrogens with one attached hydrogen (secondary N) is 2. The van der Waals surface area contributed by atoms with Gasteiger partial charge in [-0.2, -0.15) is 4.31 Å². The van der Waals surface area contributed by atoms with Gasteiger partial charge in [-0.3, -0.25) is 10.1 Å². The van der Waals surface area contributed by atoms with Gasteiger partial charge in [0.1, 0.15) is 0 Å². The van der Waals surface area contributed by atoms with Crippen molar-refractivity contribution in [1.82, 2.24) is 14.9 Å². The Morgan fingerprint density at radius 2 is 1.77 bits per heavy atom. The van der Waals surface area contributed by atoms with Gasteiger partial charge >= 0.3 is 12.0 Å². The lowest BCUT2D eigenvalue weighted by atomic mass is 10.0. The average Bonchev–Trinajstić information content (AvgIpc) is 2.78. The molecule has 0 fully saturated rings. The fourth-order valence-electron chi connectivity index (χ4n) is 3.17. The van der Waals surface area contributed by atoms with Crippen molar-refractivity contribution in [2.45, 2.75) is 30.9 Å². The van der Waals surface area contributed by atoms with Crippen LogP contribution in [0.4, 0.5) is 4.79 Å². The van der Waals surface area contributed by atoms with E-state index in [1.54, 1.807) is 0 Å². The van der Waals surface area contributed by atoms with E-state index in [2.05, 4.69) is 5.32 Å². The Morgan fingerprint density at radius 3 is 2.48 bits per heavy atom. The quantitative estimate of drug-likeness (QED) is 0.672. The summed E-state index contributed by atoms with van der Waals surface area (Å²) in [5.41, 5.74) is 2.05. The number of carbonyl (C=O) groups excluding carboxylic acids is 3. The van der Waals surface area contributed by atoms with Gasteiger partial charge < -0.3 is 10.1 Å². The van der Waals surface area contributed by atoms with Crippen LogP contribution in [0, 0.1) is 0 Å². The summed E-state index contributed by atoms with van der Waals surface area (Å²) in [6.45, 7) is 1.90. The highest BCUT2D eigenvalue weighted by Crippen LogP contribution is 2.25. The van der Waals surface area contributed by atoms with Crippen molar-refractivity contribution in [3.63, 3.8) is 0 Å². The molecule has 2 N–H and O–H groups in total. The third kappa shape index (κ3) is 5.09. The van der Waals surface area contributed by atoms with Crippen LogP contribution in [-0.4, -0.2) is 50.3 Å². The van der Waals surface area contributed by atoms with E-state index in [4.69, 9.17) is 4.74 Å². The molecule has 3 rings (SSSR count). The first-order chi connectivity index (χ1) is 14.7. The monoisotopic (exact) mass is 445 g/mol. The summed E-state index contributed by atoms with van der Waals surface area (Å²) in [5, 5.41) is 4.22. The standard InChI is InChI=1S/C21H23N3O6S/c1-14(19(25)23-21(27)22-2)30-20(26)16-8-5-9-18(12-16)31(28,29)24-11-10-15-6-3-4-7-17(15)13-24/h3-9,12,14H,10-11,13H2,1-2H3,(H2,22,23,25,27)/t14-/m0/s1. The van der Waals surface area contributed by atoms with Crippen LogP contribution in [0.3, 0.4) is 0 Å². The second kappa shape index (κ2) is 9.27. The first kappa shape index (κ1) is 22.4. The second-order valence-electron chi connectivity index (χ2n) is 7.00. The number of carbonyl (C=O) groups is 3. The third-order valence-electron chi connectivity index (χ3n) is 4.92. The fraction of sp³-hybridized carbons (Fsp3) is 0.286. The van der Waals surface area contributed by atoms with Crippen LogP contribution in [0.1, 0.15) is 28.4 Å². The zero-order valence-electron chi connectivity index (χ0n) is 17.1. The Labute approximate surface area is 180 Å². The van der Waals surface area contributed by atoms with Crippen LogP contribution in [0.25, 0.3) is 0 Å². The number of hydrogen-bond acceptors (Lipinski definition) is 6. The molecule has 3 amide bonds. The number of ether oxygens (including phenoxy) is 1. The van der Waals surface area contributed by atoms with E-state index >= 15 is 0 Å². The lowest BCUT2D eigenvalue weighted by Crippen LogP contribution is -2.43. The van der Waals surface area contributed by atoms with Crippen molar-refractivity contribution in [1.29, 1.82) is 0 Å². The van der Waals surface area contributed by atoms with E-state index in [0.29, 0.717) is 13.0 Å². The summed E-state index contributed by atoms with van der Waals surface area (Å²) in [7, 11) is -2.49. The maximum atomic E-state index is 13.1. The molecule has 0 bridgehead atoms. The number of urea groups is 1. The number of sulfonamides is 1. The lowest BCUT2D eigenvalue weighted by Gasteiger charge is -2.28. The predicted molar refractivity (Wildman–Crippen MR) is 112 cm³/mol. The van der Waals surface area contributed by atoms with E-state index in [0.717, 1.165) is 11.1 Å². The average molecular weight is 445 g/mol. The zero-order valence-corrected chi connectivity index (χ0v) is 17.9. The summed E-state index contributed by atoms with van der Waals surface area (Å²) in [6.07, 6.45) is -0.640. The minimum Gasteiger partial charge on any atom is -0.449 e. The van der Waals surface area contributed by atoms with E-state index in [1.165, 1.54) is 42.5 Å². The highest BCUT2D eigenvalue weighted by atomic mass is 32.2. The molecule has 1 heterocycles. The van der Waals surface area contributed by atoms with Gasteiger partial charge in [-0.1, -0.05) is 30.3 Å². The molecule has 0 aliphatic carbocycles. The van der Waals surface area contributed by atoms with Crippen LogP contribution in [0.15, 0.2) is 53.4 Å². The molecule has 31 heavy (non-hydrogen) atoms. The van der Waals surface area contributed by atoms with Gasteiger partial charge in [0.05, 0.1) is 10.5 Å². The number of hydrogen-bond donors (Lipinski definition) is 2. The first-order valence-electron chi connectivity index (χ1n) is 9.63. The molecule has 1 aliphatic rings. The van der Waals surface area contributed by atoms with Crippen molar-refractivity contribution < 1.29 is 27.5 Å². The van der Waals surface area contributed by atoms with Gasteiger partial charge in [-0.25, -0.2) is 18.0 Å². The van der Waals surface area contributed by atoms with Gasteiger partial charge in [0.15, 0.2) is 6.10 Å². The molecule has 9 nitrogen and oxygen atoms in total. The van der Waals surface area contributed by atoms with Crippen LogP contribution in [0.2, 0.25) is 0 Å². The number of esters is 1. The van der Waals surface area contributed by atoms with Crippen LogP contribution < -0.4 is 10.6 Å². The molecule has 1 aliphatic heterocycles. The van der Waals surface area contributed by atoms with Crippen LogP contribution >= 0.6 is 0 Å². The molecule has 0 saturated heterocycles. The van der Waals surface area contributed by atoms with E-state index < -0.39 is 34.0 Å². The molecule has 10 heteroatoms. The van der Waals surface area contributed by atoms with Crippen molar-refractivity contribution >= 4 is 27.9 Å². The molecule has 164 valence electrons. The van der Waals surface area contributed by atoms with E-state index in [-0.39, 0.29) is 17.0 Å². The van der Waals surface area contributed by atoms with Crippen LogP contribution in [-0.2, 0) is 32.5 Å². The Balaban J connectivity index is 1.74. The first-order valence-corrected chi connectivity index (χ1v) is 11.1. The Morgan fingerprint density at radius 1 is 1.06 bits per heavy atom. The van der Waals surface area contributed by atoms with Gasteiger partial charge in [0, 0.05) is 20.1 Å². The van der Waals surface area contributed by atoms with Gasteiger partial charge in [0.25, 0.3) is 5.91 Å². The summed E-state index contributed by atoms with van der Waals surface area (Å²) in [5.74, 6) is -1.68. The molecule has 0 unspecified atom stereocenters. The number of amides is 3. The maximum Gasteiger partial charge on any atom is 0.338 e. The number of benzene rings is 2. The number of fused-ring (bicyclic) bond motifs is 1. The minimum absolute atomic E-state index is 0.0157. The van der Waals surface area contributed by atoms with Crippen molar-refractivity contribution in [3.8, 4) is 0 Å². The van der Waals surface area contributed by atoms with Gasteiger partial charge in [-0.15, -0.1) is 0 Å². The SMILES string of the molecule is CNC(=O)NC(=O)[C@H](C)OC(=O)c1cccc(S(=O)(=O)N2CCc3ccccc3C2)c1. The molecule has 0 spiro atoms. The maximum absolute atomic E-state index is 13.1. The number of imide groups is 1. The molecule has 0 radical (unpaired) electrons. The zero-order chi connectivity index (χ0) is 22.6. The summed E-state index contributed by atoms with van der Waals surface area (Å²) in [6, 6.07) is 12.4. The molecule has 2 aromatic carbocycles. The molecule has 1 atom stereocenters. The van der Waals surface area contributed by atoms with Gasteiger partial charge in [-0.05, 0) is 42.7 Å². The fourth-order valence-corrected chi connectivity index (χ4v) is 4.63. The van der Waals surface area contributed by atoms with Crippen molar-refractivity contribution in [2.75, 3.05) is 13.6 Å². The Bertz CT molecular complexity index is 1120. The van der Waals surface area contributed by atoms with Gasteiger partial charge in [0.2, 0.25) is 10.0 Å². The highest BCUT2D eigenvalue weighted by molar-refractivity contribution is 7.89. The molecular formula is C21H23N3O6S. The number of nitrogens with zero attached hydrogens (tertiary/aromatic N) is 1. The van der Waals surface area contributed by atoms with E-state index in [9.17, 15) is 22.8 Å². The second-order valence-corrected chi connectivity index (χ2v) is 8.94. The molecule has 2 aromatic rings. The summed E-state index contributed by atoms with van der Waals surface area (Å²) >= 11 is 0. The minimum atomic E-state index is -3.83. The Hall–Kier alpha value is -3.24. The highest BCUT2D eigenvalue weighted by Gasteiger charge is 2.29. The van der Waals surface area contributed by atoms with Crippen molar-refractivity contribution in [3.05, 3.63) is 65.2 Å².